The van der Waals surface area contributed by atoms with Crippen molar-refractivity contribution >= 4 is 10.1 Å². The third-order valence-corrected chi connectivity index (χ3v) is 6.28. The van der Waals surface area contributed by atoms with Gasteiger partial charge in [0.15, 0.2) is 11.6 Å². The van der Waals surface area contributed by atoms with E-state index >= 15 is 0 Å². The molecule has 0 spiro atoms. The second kappa shape index (κ2) is 6.46. The highest BCUT2D eigenvalue weighted by Crippen LogP contribution is 2.47. The van der Waals surface area contributed by atoms with Gasteiger partial charge in [0.1, 0.15) is 24.9 Å². The predicted molar refractivity (Wildman–Crippen MR) is 96.9 cm³/mol. The summed E-state index contributed by atoms with van der Waals surface area (Å²) < 4.78 is 60.4. The van der Waals surface area contributed by atoms with Crippen molar-refractivity contribution in [2.24, 2.45) is 0 Å². The fourth-order valence-corrected chi connectivity index (χ4v) is 4.81. The monoisotopic (exact) mass is 414 g/mol. The Balaban J connectivity index is 1.57. The summed E-state index contributed by atoms with van der Waals surface area (Å²) in [4.78, 5) is 0.0690. The van der Waals surface area contributed by atoms with E-state index in [9.17, 15) is 8.42 Å². The van der Waals surface area contributed by atoms with Crippen LogP contribution < -0.4 is 0 Å². The van der Waals surface area contributed by atoms with Gasteiger partial charge in [-0.2, -0.15) is 8.42 Å². The molecular weight excluding hydrogens is 388 g/mol. The summed E-state index contributed by atoms with van der Waals surface area (Å²) in [5.41, 5.74) is 0.953. The summed E-state index contributed by atoms with van der Waals surface area (Å²) in [5, 5.41) is 0. The Morgan fingerprint density at radius 3 is 2.39 bits per heavy atom. The fraction of sp³-hybridized carbons (Fsp3) is 0.684. The molecule has 1 aromatic carbocycles. The van der Waals surface area contributed by atoms with E-state index in [1.807, 2.05) is 20.8 Å². The Kier molecular flexibility index (Phi) is 4.67. The first kappa shape index (κ1) is 20.2. The Morgan fingerprint density at radius 2 is 1.71 bits per heavy atom. The lowest BCUT2D eigenvalue weighted by atomic mass is 9.98. The highest BCUT2D eigenvalue weighted by molar-refractivity contribution is 7.86. The Morgan fingerprint density at radius 1 is 1.04 bits per heavy atom. The van der Waals surface area contributed by atoms with Crippen LogP contribution >= 0.6 is 0 Å². The van der Waals surface area contributed by atoms with Gasteiger partial charge in [-0.05, 0) is 46.8 Å². The van der Waals surface area contributed by atoms with Crippen LogP contribution in [0.25, 0.3) is 0 Å². The molecule has 0 bridgehead atoms. The van der Waals surface area contributed by atoms with Gasteiger partial charge in [0.2, 0.25) is 5.79 Å². The normalized spacial score (nSPS) is 36.1. The van der Waals surface area contributed by atoms with Crippen LogP contribution in [0.5, 0.6) is 0 Å². The summed E-state index contributed by atoms with van der Waals surface area (Å²) in [6.45, 7) is 8.80. The molecular formula is C19H26O8S. The zero-order valence-corrected chi connectivity index (χ0v) is 17.4. The zero-order valence-electron chi connectivity index (χ0n) is 16.6. The summed E-state index contributed by atoms with van der Waals surface area (Å²) in [6.07, 6.45) is -1.49. The molecule has 3 saturated heterocycles. The fourth-order valence-electron chi connectivity index (χ4n) is 3.88. The number of aryl methyl sites for hydroxylation is 1. The minimum atomic E-state index is -3.99. The standard InChI is InChI=1S/C19H26O8S/c1-12-6-8-13(9-7-12)28(20,21)23-11-19-16(26-18(4,5)27-19)15-14(10-22-19)24-17(2,3)25-15/h6-9,14-16H,10-11H2,1-5H3/t14-,15?,16-,19+/m1/s1. The number of hydrogen-bond donors (Lipinski definition) is 0. The van der Waals surface area contributed by atoms with Crippen molar-refractivity contribution in [3.8, 4) is 0 Å². The van der Waals surface area contributed by atoms with Gasteiger partial charge in [0, 0.05) is 0 Å². The first-order valence-corrected chi connectivity index (χ1v) is 10.7. The van der Waals surface area contributed by atoms with Crippen molar-refractivity contribution in [1.29, 1.82) is 0 Å². The Hall–Kier alpha value is -1.07. The average molecular weight is 414 g/mol. The number of benzene rings is 1. The quantitative estimate of drug-likeness (QED) is 0.692. The van der Waals surface area contributed by atoms with E-state index in [0.717, 1.165) is 5.56 Å². The van der Waals surface area contributed by atoms with E-state index in [1.165, 1.54) is 12.1 Å². The maximum atomic E-state index is 12.6. The largest absolute Gasteiger partial charge is 0.343 e. The maximum Gasteiger partial charge on any atom is 0.297 e. The molecule has 1 aromatic rings. The second-order valence-electron chi connectivity index (χ2n) is 8.33. The van der Waals surface area contributed by atoms with Crippen molar-refractivity contribution < 1.29 is 36.3 Å². The highest BCUT2D eigenvalue weighted by atomic mass is 32.2. The number of ether oxygens (including phenoxy) is 5. The first-order chi connectivity index (χ1) is 12.9. The Labute approximate surface area is 165 Å². The molecule has 4 atom stereocenters. The summed E-state index contributed by atoms with van der Waals surface area (Å²) in [5.74, 6) is -3.20. The van der Waals surface area contributed by atoms with E-state index < -0.39 is 39.7 Å². The molecule has 28 heavy (non-hydrogen) atoms. The smallest absolute Gasteiger partial charge is 0.297 e. The molecule has 0 radical (unpaired) electrons. The highest BCUT2D eigenvalue weighted by Gasteiger charge is 2.65. The molecule has 4 rings (SSSR count). The van der Waals surface area contributed by atoms with Crippen molar-refractivity contribution in [3.63, 3.8) is 0 Å². The van der Waals surface area contributed by atoms with Crippen LogP contribution in [0, 0.1) is 6.92 Å². The number of fused-ring (bicyclic) bond motifs is 3. The lowest BCUT2D eigenvalue weighted by molar-refractivity contribution is -0.290. The predicted octanol–water partition coefficient (Wildman–Crippen LogP) is 2.10. The van der Waals surface area contributed by atoms with E-state index in [1.54, 1.807) is 26.0 Å². The van der Waals surface area contributed by atoms with Crippen LogP contribution in [0.2, 0.25) is 0 Å². The van der Waals surface area contributed by atoms with Crippen molar-refractivity contribution in [3.05, 3.63) is 29.8 Å². The van der Waals surface area contributed by atoms with Crippen molar-refractivity contribution in [2.45, 2.75) is 75.2 Å². The molecule has 0 saturated carbocycles. The molecule has 3 aliphatic rings. The molecule has 0 aliphatic carbocycles. The van der Waals surface area contributed by atoms with Gasteiger partial charge in [-0.3, -0.25) is 4.18 Å². The van der Waals surface area contributed by atoms with Crippen molar-refractivity contribution in [2.75, 3.05) is 13.2 Å². The van der Waals surface area contributed by atoms with Gasteiger partial charge in [-0.15, -0.1) is 0 Å². The summed E-state index contributed by atoms with van der Waals surface area (Å²) in [7, 11) is -3.99. The van der Waals surface area contributed by atoms with Crippen LogP contribution in [-0.2, 0) is 38.0 Å². The Bertz CT molecular complexity index is 847. The van der Waals surface area contributed by atoms with E-state index in [2.05, 4.69) is 0 Å². The van der Waals surface area contributed by atoms with Gasteiger partial charge in [-0.1, -0.05) is 17.7 Å². The third kappa shape index (κ3) is 3.60. The van der Waals surface area contributed by atoms with E-state index in [4.69, 9.17) is 27.9 Å². The van der Waals surface area contributed by atoms with Crippen LogP contribution in [0.3, 0.4) is 0 Å². The lowest BCUT2D eigenvalue weighted by Crippen LogP contribution is -2.60. The van der Waals surface area contributed by atoms with Gasteiger partial charge >= 0.3 is 0 Å². The van der Waals surface area contributed by atoms with Crippen LogP contribution in [0.4, 0.5) is 0 Å². The maximum absolute atomic E-state index is 12.6. The van der Waals surface area contributed by atoms with E-state index in [-0.39, 0.29) is 24.2 Å². The van der Waals surface area contributed by atoms with Crippen molar-refractivity contribution in [1.82, 2.24) is 0 Å². The molecule has 1 unspecified atom stereocenters. The minimum absolute atomic E-state index is 0.0690. The SMILES string of the molecule is Cc1ccc(S(=O)(=O)OC[C@@]23OC[C@H]4OC(C)(C)OC4[C@H]2OC(C)(C)O3)cc1. The van der Waals surface area contributed by atoms with Crippen LogP contribution in [0.1, 0.15) is 33.3 Å². The number of rotatable bonds is 4. The molecule has 8 nitrogen and oxygen atoms in total. The molecule has 3 fully saturated rings. The second-order valence-corrected chi connectivity index (χ2v) is 9.95. The molecule has 0 amide bonds. The van der Waals surface area contributed by atoms with Gasteiger partial charge in [0.25, 0.3) is 10.1 Å². The van der Waals surface area contributed by atoms with E-state index in [0.29, 0.717) is 0 Å². The topological polar surface area (TPSA) is 89.5 Å². The van der Waals surface area contributed by atoms with Gasteiger partial charge in [-0.25, -0.2) is 0 Å². The molecule has 156 valence electrons. The molecule has 9 heteroatoms. The van der Waals surface area contributed by atoms with Gasteiger partial charge < -0.3 is 23.7 Å². The van der Waals surface area contributed by atoms with Crippen LogP contribution in [0.15, 0.2) is 29.2 Å². The van der Waals surface area contributed by atoms with Gasteiger partial charge in [0.05, 0.1) is 11.5 Å². The summed E-state index contributed by atoms with van der Waals surface area (Å²) in [6, 6.07) is 6.43. The number of hydrogen-bond acceptors (Lipinski definition) is 8. The minimum Gasteiger partial charge on any atom is -0.343 e. The molecule has 0 N–H and O–H groups in total. The molecule has 3 aliphatic heterocycles. The lowest BCUT2D eigenvalue weighted by Gasteiger charge is -2.40. The van der Waals surface area contributed by atoms with Crippen LogP contribution in [-0.4, -0.2) is 57.3 Å². The average Bonchev–Trinajstić information content (AvgIpc) is 3.05. The first-order valence-electron chi connectivity index (χ1n) is 9.25. The molecule has 3 heterocycles. The third-order valence-electron chi connectivity index (χ3n) is 5.00. The molecule has 0 aromatic heterocycles. The summed E-state index contributed by atoms with van der Waals surface area (Å²) >= 11 is 0. The zero-order chi connectivity index (χ0) is 20.4.